The Morgan fingerprint density at radius 1 is 1.23 bits per heavy atom. The third-order valence-electron chi connectivity index (χ3n) is 2.81. The molecule has 0 aliphatic carbocycles. The summed E-state index contributed by atoms with van der Waals surface area (Å²) in [6.45, 7) is -0.536. The van der Waals surface area contributed by atoms with Crippen LogP contribution in [0.5, 0.6) is 0 Å². The van der Waals surface area contributed by atoms with Gasteiger partial charge in [0.1, 0.15) is 0 Å². The number of aliphatic carboxylic acids is 1. The molecule has 0 amide bonds. The topological polar surface area (TPSA) is 83.5 Å². The van der Waals surface area contributed by atoms with Gasteiger partial charge in [0.05, 0.1) is 25.1 Å². The molecule has 114 valence electrons. The molecule has 8 heteroatoms. The predicted molar refractivity (Wildman–Crippen MR) is 64.9 cm³/mol. The van der Waals surface area contributed by atoms with Crippen LogP contribution in [0.2, 0.25) is 0 Å². The Hall–Kier alpha value is -0.514. The largest absolute Gasteiger partial charge is 1.00 e. The Morgan fingerprint density at radius 2 is 1.73 bits per heavy atom. The summed E-state index contributed by atoms with van der Waals surface area (Å²) in [5, 5.41) is 10.1. The number of carboxylic acid groups (broad SMARTS) is 1. The summed E-state index contributed by atoms with van der Waals surface area (Å²) in [6.07, 6.45) is 2.73. The van der Waals surface area contributed by atoms with Gasteiger partial charge in [-0.2, -0.15) is 0 Å². The molecule has 1 atom stereocenters. The van der Waals surface area contributed by atoms with E-state index in [1.54, 1.807) is 24.7 Å². The van der Waals surface area contributed by atoms with Crippen LogP contribution in [0.25, 0.3) is 0 Å². The zero-order valence-electron chi connectivity index (χ0n) is 11.8. The van der Waals surface area contributed by atoms with E-state index in [0.29, 0.717) is 0 Å². The molecule has 0 bridgehead atoms. The molecule has 0 saturated carbocycles. The van der Waals surface area contributed by atoms with Gasteiger partial charge in [0.2, 0.25) is 0 Å². The quantitative estimate of drug-likeness (QED) is 0.434. The molecule has 0 N–H and O–H groups in total. The molecule has 1 unspecified atom stereocenters. The number of carboxylic acids is 1. The Balaban J connectivity index is 0.000000385. The fraction of sp³-hybridized carbons (Fsp3) is 0.357. The van der Waals surface area contributed by atoms with Crippen molar-refractivity contribution in [3.8, 4) is 0 Å². The Bertz CT molecular complexity index is 495. The summed E-state index contributed by atoms with van der Waals surface area (Å²) in [5.41, 5.74) is 0.523. The monoisotopic (exact) mass is 336 g/mol. The van der Waals surface area contributed by atoms with Crippen LogP contribution in [-0.4, -0.2) is 37.7 Å². The number of carbonyl (C=O) groups is 1. The molecule has 1 aromatic carbocycles. The van der Waals surface area contributed by atoms with Crippen molar-refractivity contribution in [1.29, 1.82) is 0 Å². The number of rotatable bonds is 3. The van der Waals surface area contributed by atoms with Gasteiger partial charge in [-0.3, -0.25) is 11.1 Å². The van der Waals surface area contributed by atoms with Gasteiger partial charge in [-0.25, -0.2) is 20.9 Å². The first kappa shape index (κ1) is 21.5. The molecule has 1 aliphatic rings. The van der Waals surface area contributed by atoms with Crippen molar-refractivity contribution in [1.82, 2.24) is 0 Å². The molecule has 1 fully saturated rings. The van der Waals surface area contributed by atoms with E-state index >= 15 is 0 Å². The number of carbonyl (C=O) groups excluding carboxylic acids is 3. The van der Waals surface area contributed by atoms with Crippen LogP contribution in [0.15, 0.2) is 24.3 Å². The molecule has 1 aliphatic heterocycles. The Morgan fingerprint density at radius 3 is 2.05 bits per heavy atom. The summed E-state index contributed by atoms with van der Waals surface area (Å²) in [6, 6.07) is 6.38. The van der Waals surface area contributed by atoms with E-state index in [9.17, 15) is 28.3 Å². The third kappa shape index (κ3) is 6.31. The molecule has 22 heavy (non-hydrogen) atoms. The number of hydrogen-bond acceptors (Lipinski definition) is 5. The maximum atomic E-state index is 12.6. The Labute approximate surface area is 168 Å². The van der Waals surface area contributed by atoms with Crippen LogP contribution in [-0.2, 0) is 19.1 Å². The normalized spacial score (nSPS) is 18.9. The van der Waals surface area contributed by atoms with E-state index in [1.807, 2.05) is 0 Å². The first-order valence-corrected chi connectivity index (χ1v) is 5.94. The molecule has 1 saturated heterocycles. The van der Waals surface area contributed by atoms with E-state index in [0.717, 1.165) is 0 Å². The molecule has 0 radical (unpaired) electrons. The molecular formula is C14H11F2KO5-2. The van der Waals surface area contributed by atoms with Crippen LogP contribution < -0.4 is 56.5 Å². The molecular weight excluding hydrogens is 325 g/mol. The van der Waals surface area contributed by atoms with E-state index in [-0.39, 0.29) is 69.1 Å². The second-order valence-corrected chi connectivity index (χ2v) is 4.21. The molecule has 5 nitrogen and oxygen atoms in total. The van der Waals surface area contributed by atoms with Crippen LogP contribution in [0, 0.1) is 5.92 Å². The fourth-order valence-electron chi connectivity index (χ4n) is 1.61. The van der Waals surface area contributed by atoms with Crippen molar-refractivity contribution in [3.05, 3.63) is 35.4 Å². The number of alkyl halides is 2. The van der Waals surface area contributed by atoms with Crippen molar-refractivity contribution in [2.45, 2.75) is 12.3 Å². The van der Waals surface area contributed by atoms with Gasteiger partial charge in [0.25, 0.3) is 5.92 Å². The van der Waals surface area contributed by atoms with E-state index in [4.69, 9.17) is 0 Å². The van der Waals surface area contributed by atoms with Crippen LogP contribution in [0.3, 0.4) is 0 Å². The van der Waals surface area contributed by atoms with Crippen molar-refractivity contribution in [2.24, 2.45) is 5.92 Å². The minimum absolute atomic E-state index is 0. The van der Waals surface area contributed by atoms with Gasteiger partial charge in [-0.1, -0.05) is 0 Å². The SMILES string of the molecule is O=C([O-])C1COCCC1(F)F.O=[C-]c1ccccc1[C-]=O.[K+]. The molecule has 0 aromatic heterocycles. The van der Waals surface area contributed by atoms with Crippen molar-refractivity contribution in [3.63, 3.8) is 0 Å². The molecule has 2 rings (SSSR count). The van der Waals surface area contributed by atoms with Gasteiger partial charge >= 0.3 is 51.4 Å². The number of halogens is 2. The van der Waals surface area contributed by atoms with Crippen molar-refractivity contribution in [2.75, 3.05) is 13.2 Å². The minimum atomic E-state index is -3.17. The fourth-order valence-corrected chi connectivity index (χ4v) is 1.61. The standard InChI is InChI=1S/C8H4O2.C6H8F2O3.K/c9-5-7-3-1-2-4-8(7)6-10;7-6(8)1-2-11-3-4(6)5(9)10;/h1-4H;4H,1-3H2,(H,9,10);/q-2;;+1/p-1. The van der Waals surface area contributed by atoms with Crippen LogP contribution >= 0.6 is 0 Å². The smallest absolute Gasteiger partial charge is 0.550 e. The summed E-state index contributed by atoms with van der Waals surface area (Å²) < 4.78 is 29.8. The first-order chi connectivity index (χ1) is 9.92. The molecule has 1 aromatic rings. The zero-order chi connectivity index (χ0) is 15.9. The number of hydrogen-bond donors (Lipinski definition) is 0. The number of ether oxygens (including phenoxy) is 1. The van der Waals surface area contributed by atoms with Gasteiger partial charge in [-0.15, -0.1) is 12.1 Å². The van der Waals surface area contributed by atoms with Crippen LogP contribution in [0.4, 0.5) is 8.78 Å². The third-order valence-corrected chi connectivity index (χ3v) is 2.81. The molecule has 1 heterocycles. The van der Waals surface area contributed by atoms with Gasteiger partial charge < -0.3 is 24.2 Å². The predicted octanol–water partition coefficient (Wildman–Crippen LogP) is -2.99. The second-order valence-electron chi connectivity index (χ2n) is 4.21. The average molecular weight is 336 g/mol. The van der Waals surface area contributed by atoms with Crippen molar-refractivity contribution >= 4 is 18.5 Å². The van der Waals surface area contributed by atoms with E-state index in [1.165, 1.54) is 12.1 Å². The average Bonchev–Trinajstić information content (AvgIpc) is 2.47. The molecule has 0 spiro atoms. The maximum Gasteiger partial charge on any atom is 1.00 e. The van der Waals surface area contributed by atoms with Crippen molar-refractivity contribution < 1.29 is 84.4 Å². The van der Waals surface area contributed by atoms with E-state index < -0.39 is 30.8 Å². The van der Waals surface area contributed by atoms with Crippen LogP contribution in [0.1, 0.15) is 17.5 Å². The summed E-state index contributed by atoms with van der Waals surface area (Å²) >= 11 is 0. The van der Waals surface area contributed by atoms with Gasteiger partial charge in [0.15, 0.2) is 0 Å². The summed E-state index contributed by atoms with van der Waals surface area (Å²) in [4.78, 5) is 30.3. The number of benzene rings is 1. The zero-order valence-corrected chi connectivity index (χ0v) is 14.9. The van der Waals surface area contributed by atoms with E-state index in [2.05, 4.69) is 4.74 Å². The van der Waals surface area contributed by atoms with Gasteiger partial charge in [-0.05, 0) is 12.6 Å². The minimum Gasteiger partial charge on any atom is -0.550 e. The summed E-state index contributed by atoms with van der Waals surface area (Å²) in [7, 11) is 0. The Kier molecular flexibility index (Phi) is 10.1. The first-order valence-electron chi connectivity index (χ1n) is 5.94. The maximum absolute atomic E-state index is 12.6. The second kappa shape index (κ2) is 10.3. The summed E-state index contributed by atoms with van der Waals surface area (Å²) in [5.74, 6) is -6.69. The van der Waals surface area contributed by atoms with Gasteiger partial charge in [0, 0.05) is 6.42 Å².